The SMILES string of the molecule is CCC1CC2(CC)OC(=O)C3(CC)OOC(CC)C1C23. The second kappa shape index (κ2) is 4.70. The van der Waals surface area contributed by atoms with Crippen molar-refractivity contribution in [3.8, 4) is 0 Å². The summed E-state index contributed by atoms with van der Waals surface area (Å²) in [4.78, 5) is 23.8. The summed E-state index contributed by atoms with van der Waals surface area (Å²) in [5.41, 5.74) is -1.19. The highest BCUT2D eigenvalue weighted by molar-refractivity contribution is 5.83. The van der Waals surface area contributed by atoms with E-state index in [2.05, 4.69) is 20.8 Å². The summed E-state index contributed by atoms with van der Waals surface area (Å²) in [7, 11) is 0. The lowest BCUT2D eigenvalue weighted by Gasteiger charge is -2.43. The Labute approximate surface area is 121 Å². The average Bonchev–Trinajstić information content (AvgIpc) is 2.94. The fraction of sp³-hybridized carbons (Fsp3) is 0.938. The molecule has 20 heavy (non-hydrogen) atoms. The summed E-state index contributed by atoms with van der Waals surface area (Å²) in [6.07, 6.45) is 4.59. The fourth-order valence-corrected chi connectivity index (χ4v) is 5.00. The standard InChI is InChI=1S/C16H26O4/c1-5-10-9-15(7-3)13-12(10)11(6-2)19-20-16(13,8-4)14(17)18-15/h10-13H,5-9H2,1-4H3. The van der Waals surface area contributed by atoms with Gasteiger partial charge in [0, 0.05) is 11.8 Å². The predicted octanol–water partition coefficient (Wildman–Crippen LogP) is 3.24. The van der Waals surface area contributed by atoms with Gasteiger partial charge in [-0.2, -0.15) is 0 Å². The molecule has 0 N–H and O–H groups in total. The third kappa shape index (κ3) is 1.52. The van der Waals surface area contributed by atoms with Gasteiger partial charge in [0.05, 0.1) is 6.10 Å². The molecule has 2 aliphatic heterocycles. The summed E-state index contributed by atoms with van der Waals surface area (Å²) < 4.78 is 5.91. The average molecular weight is 282 g/mol. The van der Waals surface area contributed by atoms with Crippen LogP contribution in [0.25, 0.3) is 0 Å². The van der Waals surface area contributed by atoms with E-state index in [9.17, 15) is 4.79 Å². The first-order chi connectivity index (χ1) is 9.58. The minimum Gasteiger partial charge on any atom is -0.456 e. The van der Waals surface area contributed by atoms with Crippen molar-refractivity contribution in [2.75, 3.05) is 0 Å². The van der Waals surface area contributed by atoms with Crippen LogP contribution in [0.4, 0.5) is 0 Å². The van der Waals surface area contributed by atoms with Gasteiger partial charge in [-0.3, -0.25) is 0 Å². The Bertz CT molecular complexity index is 409. The molecule has 0 radical (unpaired) electrons. The molecule has 114 valence electrons. The lowest BCUT2D eigenvalue weighted by atomic mass is 9.69. The second-order valence-corrected chi connectivity index (χ2v) is 6.60. The third-order valence-electron chi connectivity index (χ3n) is 6.05. The molecule has 3 aliphatic rings. The molecule has 4 nitrogen and oxygen atoms in total. The van der Waals surface area contributed by atoms with Crippen molar-refractivity contribution in [1.29, 1.82) is 0 Å². The third-order valence-corrected chi connectivity index (χ3v) is 6.05. The van der Waals surface area contributed by atoms with Crippen molar-refractivity contribution < 1.29 is 19.3 Å². The van der Waals surface area contributed by atoms with E-state index >= 15 is 0 Å². The number of esters is 1. The Hall–Kier alpha value is -0.610. The monoisotopic (exact) mass is 282 g/mol. The zero-order valence-electron chi connectivity index (χ0n) is 13.0. The van der Waals surface area contributed by atoms with Crippen LogP contribution in [0.1, 0.15) is 59.8 Å². The summed E-state index contributed by atoms with van der Waals surface area (Å²) in [6, 6.07) is 0. The van der Waals surface area contributed by atoms with Crippen LogP contribution >= 0.6 is 0 Å². The first-order valence-corrected chi connectivity index (χ1v) is 8.16. The number of carbonyl (C=O) groups excluding carboxylic acids is 1. The summed E-state index contributed by atoms with van der Waals surface area (Å²) in [5.74, 6) is 0.889. The van der Waals surface area contributed by atoms with Gasteiger partial charge in [0.15, 0.2) is 0 Å². The highest BCUT2D eigenvalue weighted by atomic mass is 17.2. The van der Waals surface area contributed by atoms with E-state index in [-0.39, 0.29) is 23.6 Å². The Morgan fingerprint density at radius 3 is 2.45 bits per heavy atom. The van der Waals surface area contributed by atoms with Gasteiger partial charge in [0.2, 0.25) is 5.60 Å². The van der Waals surface area contributed by atoms with Gasteiger partial charge in [-0.15, -0.1) is 0 Å². The van der Waals surface area contributed by atoms with Crippen LogP contribution in [0.5, 0.6) is 0 Å². The second-order valence-electron chi connectivity index (χ2n) is 6.60. The number of ether oxygens (including phenoxy) is 1. The van der Waals surface area contributed by atoms with E-state index in [0.29, 0.717) is 18.3 Å². The minimum atomic E-state index is -0.865. The van der Waals surface area contributed by atoms with Crippen LogP contribution < -0.4 is 0 Å². The van der Waals surface area contributed by atoms with Gasteiger partial charge < -0.3 is 4.74 Å². The number of hydrogen-bond acceptors (Lipinski definition) is 4. The zero-order chi connectivity index (χ0) is 14.5. The zero-order valence-corrected chi connectivity index (χ0v) is 13.0. The molecule has 6 unspecified atom stereocenters. The largest absolute Gasteiger partial charge is 0.456 e. The molecule has 2 saturated heterocycles. The topological polar surface area (TPSA) is 44.8 Å². The fourth-order valence-electron chi connectivity index (χ4n) is 5.00. The van der Waals surface area contributed by atoms with Gasteiger partial charge in [0.1, 0.15) is 5.60 Å². The van der Waals surface area contributed by atoms with Gasteiger partial charge in [0.25, 0.3) is 0 Å². The van der Waals surface area contributed by atoms with Crippen LogP contribution in [0.15, 0.2) is 0 Å². The molecule has 0 aromatic heterocycles. The Morgan fingerprint density at radius 1 is 1.15 bits per heavy atom. The first-order valence-electron chi connectivity index (χ1n) is 8.16. The molecule has 1 saturated carbocycles. The molecule has 3 fully saturated rings. The van der Waals surface area contributed by atoms with Crippen LogP contribution in [0.3, 0.4) is 0 Å². The number of rotatable bonds is 4. The van der Waals surface area contributed by atoms with E-state index in [1.165, 1.54) is 0 Å². The number of carbonyl (C=O) groups is 1. The van der Waals surface area contributed by atoms with Gasteiger partial charge >= 0.3 is 5.97 Å². The lowest BCUT2D eigenvalue weighted by Crippen LogP contribution is -2.55. The molecule has 2 heterocycles. The van der Waals surface area contributed by atoms with Crippen molar-refractivity contribution >= 4 is 5.97 Å². The molecular weight excluding hydrogens is 256 g/mol. The molecule has 0 aromatic rings. The van der Waals surface area contributed by atoms with Crippen molar-refractivity contribution in [2.24, 2.45) is 17.8 Å². The predicted molar refractivity (Wildman–Crippen MR) is 73.8 cm³/mol. The molecule has 0 spiro atoms. The van der Waals surface area contributed by atoms with E-state index in [1.54, 1.807) is 0 Å². The minimum absolute atomic E-state index is 0.0903. The molecule has 3 rings (SSSR count). The Kier molecular flexibility index (Phi) is 3.37. The van der Waals surface area contributed by atoms with Crippen LogP contribution in [-0.2, 0) is 19.3 Å². The van der Waals surface area contributed by atoms with E-state index in [1.807, 2.05) is 6.92 Å². The first kappa shape index (κ1) is 14.3. The Balaban J connectivity index is 2.08. The van der Waals surface area contributed by atoms with E-state index < -0.39 is 5.60 Å². The molecular formula is C16H26O4. The van der Waals surface area contributed by atoms with Gasteiger partial charge in [-0.1, -0.05) is 34.1 Å². The Morgan fingerprint density at radius 2 is 1.90 bits per heavy atom. The highest BCUT2D eigenvalue weighted by Gasteiger charge is 2.74. The highest BCUT2D eigenvalue weighted by Crippen LogP contribution is 2.63. The van der Waals surface area contributed by atoms with E-state index in [4.69, 9.17) is 14.5 Å². The smallest absolute Gasteiger partial charge is 0.342 e. The molecule has 0 bridgehead atoms. The molecule has 0 amide bonds. The maximum absolute atomic E-state index is 12.5. The van der Waals surface area contributed by atoms with Crippen molar-refractivity contribution in [3.63, 3.8) is 0 Å². The summed E-state index contributed by atoms with van der Waals surface area (Å²) >= 11 is 0. The van der Waals surface area contributed by atoms with Crippen LogP contribution in [0, 0.1) is 17.8 Å². The van der Waals surface area contributed by atoms with Crippen LogP contribution in [0.2, 0.25) is 0 Å². The summed E-state index contributed by atoms with van der Waals surface area (Å²) in [5, 5.41) is 0. The van der Waals surface area contributed by atoms with Crippen molar-refractivity contribution in [2.45, 2.75) is 77.1 Å². The van der Waals surface area contributed by atoms with Crippen molar-refractivity contribution in [1.82, 2.24) is 0 Å². The van der Waals surface area contributed by atoms with Gasteiger partial charge in [-0.05, 0) is 31.6 Å². The molecule has 1 aliphatic carbocycles. The normalized spacial score (nSPS) is 50.1. The van der Waals surface area contributed by atoms with E-state index in [0.717, 1.165) is 25.7 Å². The van der Waals surface area contributed by atoms with Crippen LogP contribution in [-0.4, -0.2) is 23.3 Å². The molecule has 6 atom stereocenters. The molecule has 4 heteroatoms. The quantitative estimate of drug-likeness (QED) is 0.586. The number of hydrogen-bond donors (Lipinski definition) is 0. The maximum atomic E-state index is 12.5. The lowest BCUT2D eigenvalue weighted by molar-refractivity contribution is -0.423. The maximum Gasteiger partial charge on any atom is 0.342 e. The van der Waals surface area contributed by atoms with Gasteiger partial charge in [-0.25, -0.2) is 14.6 Å². The molecule has 0 aromatic carbocycles. The summed E-state index contributed by atoms with van der Waals surface area (Å²) in [6.45, 7) is 8.49. The van der Waals surface area contributed by atoms with Crippen molar-refractivity contribution in [3.05, 3.63) is 0 Å².